The summed E-state index contributed by atoms with van der Waals surface area (Å²) in [4.78, 5) is 0. The van der Waals surface area contributed by atoms with Crippen LogP contribution in [0.3, 0.4) is 0 Å². The van der Waals surface area contributed by atoms with Crippen LogP contribution < -0.4 is 0 Å². The number of thiophene rings is 1. The lowest BCUT2D eigenvalue weighted by atomic mass is 9.86. The van der Waals surface area contributed by atoms with Gasteiger partial charge in [-0.05, 0) is 80.1 Å². The van der Waals surface area contributed by atoms with Gasteiger partial charge in [0.15, 0.2) is 0 Å². The fourth-order valence-electron chi connectivity index (χ4n) is 5.65. The first-order valence-corrected chi connectivity index (χ1v) is 13.6. The summed E-state index contributed by atoms with van der Waals surface area (Å²) in [5, 5.41) is 2.71. The number of hydrogen-bond acceptors (Lipinski definition) is 1. The van der Waals surface area contributed by atoms with E-state index in [9.17, 15) is 0 Å². The van der Waals surface area contributed by atoms with E-state index in [0.717, 1.165) is 6.42 Å². The van der Waals surface area contributed by atoms with Crippen molar-refractivity contribution in [3.8, 4) is 33.4 Å². The van der Waals surface area contributed by atoms with E-state index in [1.807, 2.05) is 11.3 Å². The SMILES string of the molecule is CC(C)(C)c1ccc(-c2ccc3c(c2)-c2cc(-c4cccc5c4sc4ccccc45)ccc2C3)cc1. The molecular formula is C35H28S. The molecule has 1 heteroatoms. The summed E-state index contributed by atoms with van der Waals surface area (Å²) in [6.07, 6.45) is 1.02. The molecule has 0 saturated heterocycles. The molecule has 0 aliphatic heterocycles. The third-order valence-electron chi connectivity index (χ3n) is 7.69. The van der Waals surface area contributed by atoms with Gasteiger partial charge < -0.3 is 0 Å². The molecule has 1 aliphatic carbocycles. The highest BCUT2D eigenvalue weighted by molar-refractivity contribution is 7.26. The van der Waals surface area contributed by atoms with Crippen LogP contribution >= 0.6 is 11.3 Å². The zero-order chi connectivity index (χ0) is 24.4. The molecule has 36 heavy (non-hydrogen) atoms. The van der Waals surface area contributed by atoms with Crippen molar-refractivity contribution >= 4 is 31.5 Å². The van der Waals surface area contributed by atoms with Gasteiger partial charge in [0.25, 0.3) is 0 Å². The third kappa shape index (κ3) is 3.42. The molecule has 1 aliphatic rings. The number of fused-ring (bicyclic) bond motifs is 6. The lowest BCUT2D eigenvalue weighted by molar-refractivity contribution is 0.590. The average molecular weight is 481 g/mol. The Morgan fingerprint density at radius 1 is 0.556 bits per heavy atom. The van der Waals surface area contributed by atoms with Gasteiger partial charge in [0.05, 0.1) is 0 Å². The molecule has 7 rings (SSSR count). The van der Waals surface area contributed by atoms with Crippen molar-refractivity contribution in [2.45, 2.75) is 32.6 Å². The Hall–Kier alpha value is -3.68. The van der Waals surface area contributed by atoms with Gasteiger partial charge in [-0.15, -0.1) is 11.3 Å². The van der Waals surface area contributed by atoms with Crippen molar-refractivity contribution in [3.05, 3.63) is 120 Å². The van der Waals surface area contributed by atoms with E-state index in [1.54, 1.807) is 0 Å². The van der Waals surface area contributed by atoms with E-state index in [0.29, 0.717) is 0 Å². The Morgan fingerprint density at radius 3 is 1.94 bits per heavy atom. The first-order valence-electron chi connectivity index (χ1n) is 12.7. The second-order valence-corrected chi connectivity index (χ2v) is 12.1. The zero-order valence-electron chi connectivity index (χ0n) is 20.9. The monoisotopic (exact) mass is 480 g/mol. The topological polar surface area (TPSA) is 0 Å². The Balaban J connectivity index is 1.33. The van der Waals surface area contributed by atoms with Crippen LogP contribution in [-0.4, -0.2) is 0 Å². The van der Waals surface area contributed by atoms with E-state index in [4.69, 9.17) is 0 Å². The summed E-state index contributed by atoms with van der Waals surface area (Å²) in [7, 11) is 0. The Bertz CT molecular complexity index is 1770. The maximum atomic E-state index is 2.42. The molecule has 0 nitrogen and oxygen atoms in total. The van der Waals surface area contributed by atoms with Gasteiger partial charge in [0.1, 0.15) is 0 Å². The molecule has 0 atom stereocenters. The van der Waals surface area contributed by atoms with E-state index in [1.165, 1.54) is 70.2 Å². The number of hydrogen-bond donors (Lipinski definition) is 0. The minimum atomic E-state index is 0.170. The largest absolute Gasteiger partial charge is 0.135 e. The molecular weight excluding hydrogens is 452 g/mol. The quantitative estimate of drug-likeness (QED) is 0.231. The average Bonchev–Trinajstić information content (AvgIpc) is 3.45. The van der Waals surface area contributed by atoms with E-state index in [-0.39, 0.29) is 5.41 Å². The summed E-state index contributed by atoms with van der Waals surface area (Å²) in [6, 6.07) is 38.7. The van der Waals surface area contributed by atoms with E-state index in [2.05, 4.69) is 124 Å². The van der Waals surface area contributed by atoms with Crippen LogP contribution in [0.15, 0.2) is 103 Å². The van der Waals surface area contributed by atoms with Crippen molar-refractivity contribution in [1.82, 2.24) is 0 Å². The van der Waals surface area contributed by atoms with Crippen LogP contribution in [0.5, 0.6) is 0 Å². The maximum absolute atomic E-state index is 2.42. The minimum Gasteiger partial charge on any atom is -0.135 e. The fourth-order valence-corrected chi connectivity index (χ4v) is 6.89. The molecule has 1 heterocycles. The molecule has 0 fully saturated rings. The summed E-state index contributed by atoms with van der Waals surface area (Å²) >= 11 is 1.90. The molecule has 1 aromatic heterocycles. The van der Waals surface area contributed by atoms with E-state index >= 15 is 0 Å². The second kappa shape index (κ2) is 7.91. The molecule has 0 saturated carbocycles. The molecule has 0 radical (unpaired) electrons. The Labute approximate surface area is 216 Å². The summed E-state index contributed by atoms with van der Waals surface area (Å²) in [6.45, 7) is 6.81. The molecule has 174 valence electrons. The Morgan fingerprint density at radius 2 is 1.19 bits per heavy atom. The second-order valence-electron chi connectivity index (χ2n) is 11.0. The van der Waals surface area contributed by atoms with Crippen molar-refractivity contribution in [1.29, 1.82) is 0 Å². The summed E-state index contributed by atoms with van der Waals surface area (Å²) in [5.74, 6) is 0. The molecule has 0 unspecified atom stereocenters. The lowest BCUT2D eigenvalue weighted by Crippen LogP contribution is -2.10. The first kappa shape index (κ1) is 21.6. The molecule has 0 N–H and O–H groups in total. The summed E-state index contributed by atoms with van der Waals surface area (Å²) < 4.78 is 2.73. The van der Waals surface area contributed by atoms with Gasteiger partial charge in [-0.25, -0.2) is 0 Å². The van der Waals surface area contributed by atoms with Gasteiger partial charge in [0.2, 0.25) is 0 Å². The van der Waals surface area contributed by atoms with Crippen LogP contribution in [0.1, 0.15) is 37.5 Å². The van der Waals surface area contributed by atoms with Crippen molar-refractivity contribution < 1.29 is 0 Å². The molecule has 0 spiro atoms. The number of benzene rings is 5. The van der Waals surface area contributed by atoms with Gasteiger partial charge in [0, 0.05) is 20.2 Å². The fraction of sp³-hybridized carbons (Fsp3) is 0.143. The van der Waals surface area contributed by atoms with Crippen LogP contribution in [0.4, 0.5) is 0 Å². The van der Waals surface area contributed by atoms with Crippen LogP contribution in [0.25, 0.3) is 53.6 Å². The third-order valence-corrected chi connectivity index (χ3v) is 8.91. The molecule has 5 aromatic carbocycles. The van der Waals surface area contributed by atoms with Crippen LogP contribution in [0.2, 0.25) is 0 Å². The number of rotatable bonds is 2. The zero-order valence-corrected chi connectivity index (χ0v) is 21.7. The minimum absolute atomic E-state index is 0.170. The standard InChI is InChI=1S/C35H28S/c1-35(2,3)27-17-15-22(16-18-27)23-11-12-24-19-25-13-14-26(21-32(25)31(24)20-23)28-8-6-9-30-29-7-4-5-10-33(29)36-34(28)30/h4-18,20-21H,19H2,1-3H3. The highest BCUT2D eigenvalue weighted by Crippen LogP contribution is 2.44. The van der Waals surface area contributed by atoms with E-state index < -0.39 is 0 Å². The van der Waals surface area contributed by atoms with Crippen molar-refractivity contribution in [3.63, 3.8) is 0 Å². The van der Waals surface area contributed by atoms with Gasteiger partial charge in [-0.3, -0.25) is 0 Å². The lowest BCUT2D eigenvalue weighted by Gasteiger charge is -2.19. The maximum Gasteiger partial charge on any atom is 0.0433 e. The van der Waals surface area contributed by atoms with Gasteiger partial charge in [-0.1, -0.05) is 106 Å². The van der Waals surface area contributed by atoms with Crippen molar-refractivity contribution in [2.24, 2.45) is 0 Å². The van der Waals surface area contributed by atoms with Crippen LogP contribution in [-0.2, 0) is 11.8 Å². The molecule has 0 amide bonds. The van der Waals surface area contributed by atoms with Gasteiger partial charge in [-0.2, -0.15) is 0 Å². The molecule has 6 aromatic rings. The smallest absolute Gasteiger partial charge is 0.0433 e. The normalized spacial score (nSPS) is 12.8. The Kier molecular flexibility index (Phi) is 4.75. The predicted molar refractivity (Wildman–Crippen MR) is 157 cm³/mol. The first-order chi connectivity index (χ1) is 17.5. The highest BCUT2D eigenvalue weighted by Gasteiger charge is 2.21. The molecule has 0 bridgehead atoms. The predicted octanol–water partition coefficient (Wildman–Crippen LogP) is 10.3. The van der Waals surface area contributed by atoms with Crippen molar-refractivity contribution in [2.75, 3.05) is 0 Å². The van der Waals surface area contributed by atoms with Crippen LogP contribution in [0, 0.1) is 0 Å². The van der Waals surface area contributed by atoms with Gasteiger partial charge >= 0.3 is 0 Å². The highest BCUT2D eigenvalue weighted by atomic mass is 32.1. The summed E-state index contributed by atoms with van der Waals surface area (Å²) in [5.41, 5.74) is 12.4.